The van der Waals surface area contributed by atoms with E-state index < -0.39 is 15.8 Å². The van der Waals surface area contributed by atoms with Gasteiger partial charge in [0.1, 0.15) is 0 Å². The van der Waals surface area contributed by atoms with E-state index in [1.807, 2.05) is 84.9 Å². The molecule has 0 aliphatic rings. The molecule has 0 saturated heterocycles. The Hall–Kier alpha value is -4.60. The van der Waals surface area contributed by atoms with Gasteiger partial charge in [0, 0.05) is 44.4 Å². The van der Waals surface area contributed by atoms with Crippen LogP contribution in [0.2, 0.25) is 0 Å². The van der Waals surface area contributed by atoms with Gasteiger partial charge in [0.2, 0.25) is 0 Å². The van der Waals surface area contributed by atoms with Crippen LogP contribution in [0.3, 0.4) is 0 Å². The van der Waals surface area contributed by atoms with Crippen LogP contribution in [0, 0.1) is 6.07 Å². The van der Waals surface area contributed by atoms with E-state index in [0.717, 1.165) is 11.1 Å². The van der Waals surface area contributed by atoms with Crippen LogP contribution in [0.1, 0.15) is 56.0 Å². The fourth-order valence-corrected chi connectivity index (χ4v) is 12.3. The van der Waals surface area contributed by atoms with Gasteiger partial charge >= 0.3 is 0 Å². The summed E-state index contributed by atoms with van der Waals surface area (Å²) in [4.78, 5) is 28.3. The van der Waals surface area contributed by atoms with E-state index in [0.29, 0.717) is 24.0 Å². The van der Waals surface area contributed by atoms with Crippen molar-refractivity contribution in [2.75, 3.05) is 0 Å². The number of Topliss-reactive ketones (excluding diaryl/α,β-unsaturated/α-hetero) is 2. The molecule has 7 aromatic rings. The summed E-state index contributed by atoms with van der Waals surface area (Å²) in [5.41, 5.74) is 3.10. The monoisotopic (exact) mass is 815 g/mol. The molecule has 0 aliphatic carbocycles. The first-order chi connectivity index (χ1) is 25.7. The molecule has 0 heterocycles. The number of carbonyl (C=O) groups is 2. The molecule has 2 atom stereocenters. The van der Waals surface area contributed by atoms with Gasteiger partial charge in [0.05, 0.1) is 0 Å². The number of rotatable bonds is 14. The maximum Gasteiger partial charge on any atom is 0.163 e. The molecule has 0 radical (unpaired) electrons. The molecule has 0 aliphatic heterocycles. The summed E-state index contributed by atoms with van der Waals surface area (Å²) < 4.78 is 0. The van der Waals surface area contributed by atoms with E-state index in [9.17, 15) is 9.59 Å². The van der Waals surface area contributed by atoms with Gasteiger partial charge in [0.25, 0.3) is 0 Å². The fraction of sp³-hybridized carbons (Fsp3) is 0.0833. The van der Waals surface area contributed by atoms with Crippen LogP contribution in [-0.2, 0) is 20.4 Å². The summed E-state index contributed by atoms with van der Waals surface area (Å²) in [6.07, 6.45) is 0.665. The van der Waals surface area contributed by atoms with Crippen LogP contribution in [0.4, 0.5) is 0 Å². The maximum absolute atomic E-state index is 14.1. The summed E-state index contributed by atoms with van der Waals surface area (Å²) in [5.74, 6) is 0.214. The maximum atomic E-state index is 14.1. The van der Waals surface area contributed by atoms with Crippen LogP contribution in [-0.4, -0.2) is 11.6 Å². The van der Waals surface area contributed by atoms with Gasteiger partial charge in [-0.1, -0.05) is 182 Å². The van der Waals surface area contributed by atoms with Crippen molar-refractivity contribution in [2.45, 2.75) is 24.2 Å². The molecule has 264 valence electrons. The second kappa shape index (κ2) is 18.9. The Balaban J connectivity index is 0.00000481. The summed E-state index contributed by atoms with van der Waals surface area (Å²) in [6.45, 7) is 0. The smallest absolute Gasteiger partial charge is 0.163 e. The quantitative estimate of drug-likeness (QED) is 0.0474. The van der Waals surface area contributed by atoms with Crippen LogP contribution >= 0.6 is 15.8 Å². The van der Waals surface area contributed by atoms with Gasteiger partial charge in [-0.25, -0.2) is 0 Å². The number of benzene rings is 7. The van der Waals surface area contributed by atoms with Crippen molar-refractivity contribution in [1.29, 1.82) is 0 Å². The van der Waals surface area contributed by atoms with Crippen LogP contribution in [0.25, 0.3) is 0 Å². The van der Waals surface area contributed by atoms with Crippen LogP contribution in [0.15, 0.2) is 200 Å². The Morgan fingerprint density at radius 2 is 0.642 bits per heavy atom. The second-order valence-electron chi connectivity index (χ2n) is 12.7. The molecule has 7 rings (SSSR count). The molecule has 5 heteroatoms. The van der Waals surface area contributed by atoms with Gasteiger partial charge in [-0.2, -0.15) is 35.4 Å². The molecule has 0 spiro atoms. The number of ketones is 2. The molecule has 0 unspecified atom stereocenters. The first-order valence-electron chi connectivity index (χ1n) is 17.6. The SMILES string of the molecule is O=C(C[C@H](c1[c-]c([C@@H](CC(=O)c2ccccc2)P(c2ccccc2)c2ccccc2)ccc1)P(c1ccccc1)c1ccccc1)c1ccccc1.[Pd]. The van der Waals surface area contributed by atoms with Crippen molar-refractivity contribution in [2.24, 2.45) is 0 Å². The molecule has 0 bridgehead atoms. The molecular weight excluding hydrogens is 777 g/mol. The van der Waals surface area contributed by atoms with Crippen LogP contribution in [0.5, 0.6) is 0 Å². The average molecular weight is 816 g/mol. The minimum atomic E-state index is -1.01. The first-order valence-corrected chi connectivity index (χ1v) is 20.4. The zero-order valence-electron chi connectivity index (χ0n) is 29.1. The Morgan fingerprint density at radius 1 is 0.377 bits per heavy atom. The second-order valence-corrected chi connectivity index (χ2v) is 17.5. The minimum Gasteiger partial charge on any atom is -0.294 e. The van der Waals surface area contributed by atoms with Crippen molar-refractivity contribution in [3.05, 3.63) is 229 Å². The van der Waals surface area contributed by atoms with Gasteiger partial charge < -0.3 is 0 Å². The third kappa shape index (κ3) is 9.50. The Labute approximate surface area is 329 Å². The summed E-state index contributed by atoms with van der Waals surface area (Å²) >= 11 is 0. The number of hydrogen-bond donors (Lipinski definition) is 0. The summed E-state index contributed by atoms with van der Waals surface area (Å²) in [5, 5.41) is 4.83. The number of hydrogen-bond acceptors (Lipinski definition) is 2. The molecule has 0 saturated carbocycles. The van der Waals surface area contributed by atoms with Gasteiger partial charge in [0.15, 0.2) is 11.6 Å². The Bertz CT molecular complexity index is 1950. The van der Waals surface area contributed by atoms with E-state index >= 15 is 0 Å². The molecule has 0 fully saturated rings. The van der Waals surface area contributed by atoms with Gasteiger partial charge in [-0.15, -0.1) is 0 Å². The predicted molar refractivity (Wildman–Crippen MR) is 220 cm³/mol. The molecule has 53 heavy (non-hydrogen) atoms. The van der Waals surface area contributed by atoms with Gasteiger partial charge in [-0.3, -0.25) is 9.59 Å². The summed E-state index contributed by atoms with van der Waals surface area (Å²) in [7, 11) is -2.03. The third-order valence-corrected chi connectivity index (χ3v) is 14.9. The molecule has 0 N–H and O–H groups in total. The zero-order valence-corrected chi connectivity index (χ0v) is 32.5. The Kier molecular flexibility index (Phi) is 13.6. The van der Waals surface area contributed by atoms with Crippen molar-refractivity contribution in [3.8, 4) is 0 Å². The van der Waals surface area contributed by atoms with Crippen LogP contribution < -0.4 is 21.2 Å². The molecule has 0 amide bonds. The van der Waals surface area contributed by atoms with E-state index in [-0.39, 0.29) is 43.3 Å². The molecule has 7 aromatic carbocycles. The van der Waals surface area contributed by atoms with Crippen molar-refractivity contribution < 1.29 is 30.0 Å². The first kappa shape index (κ1) is 38.1. The standard InChI is InChI=1S/C48H39O2P2.Pd/c49-45(37-20-7-1-8-21-37)35-47(51(41-26-11-3-12-27-41)42-28-13-4-14-29-42)39-24-19-25-40(34-39)48(36-46(50)38-22-9-2-10-23-38)52(43-30-15-5-16-31-43)44-32-17-6-18-33-44;/h1-33,47-48H,35-36H2;/q-1;/t47-,48-;/m1./s1. The number of carbonyl (C=O) groups excluding carboxylic acids is 2. The molecule has 0 aromatic heterocycles. The van der Waals surface area contributed by atoms with E-state index in [4.69, 9.17) is 0 Å². The topological polar surface area (TPSA) is 34.1 Å². The van der Waals surface area contributed by atoms with E-state index in [2.05, 4.69) is 121 Å². The molecular formula is C48H39O2P2Pd-. The predicted octanol–water partition coefficient (Wildman–Crippen LogP) is 10.4. The van der Waals surface area contributed by atoms with Crippen molar-refractivity contribution in [3.63, 3.8) is 0 Å². The summed E-state index contributed by atoms with van der Waals surface area (Å²) in [6, 6.07) is 71.9. The van der Waals surface area contributed by atoms with Gasteiger partial charge in [-0.05, 0) is 48.4 Å². The van der Waals surface area contributed by atoms with Crippen molar-refractivity contribution in [1.82, 2.24) is 0 Å². The largest absolute Gasteiger partial charge is 0.294 e. The zero-order chi connectivity index (χ0) is 35.5. The van der Waals surface area contributed by atoms with E-state index in [1.165, 1.54) is 21.2 Å². The average Bonchev–Trinajstić information content (AvgIpc) is 3.22. The normalized spacial score (nSPS) is 12.1. The fourth-order valence-electron chi connectivity index (χ4n) is 6.78. The Morgan fingerprint density at radius 3 is 0.925 bits per heavy atom. The van der Waals surface area contributed by atoms with E-state index in [1.54, 1.807) is 0 Å². The third-order valence-electron chi connectivity index (χ3n) is 9.27. The molecule has 2 nitrogen and oxygen atoms in total. The minimum absolute atomic E-state index is 0. The van der Waals surface area contributed by atoms with Crippen molar-refractivity contribution >= 4 is 48.6 Å².